The molecule has 0 bridgehead atoms. The lowest BCUT2D eigenvalue weighted by Gasteiger charge is -2.20. The van der Waals surface area contributed by atoms with Crippen molar-refractivity contribution >= 4 is 22.7 Å². The number of carbonyl (C=O) groups excluding carboxylic acids is 1. The van der Waals surface area contributed by atoms with Crippen molar-refractivity contribution < 1.29 is 9.21 Å². The predicted molar refractivity (Wildman–Crippen MR) is 80.0 cm³/mol. The molecule has 6 heteroatoms. The molecule has 0 aromatic carbocycles. The Hall–Kier alpha value is -2.21. The zero-order chi connectivity index (χ0) is 14.8. The second kappa shape index (κ2) is 5.65. The first kappa shape index (κ1) is 13.8. The number of hydrogen-bond donors (Lipinski definition) is 1. The predicted octanol–water partition coefficient (Wildman–Crippen LogP) is 1.19. The Morgan fingerprint density at radius 1 is 1.33 bits per heavy atom. The highest BCUT2D eigenvalue weighted by Gasteiger charge is 2.14. The topological polar surface area (TPSA) is 75.4 Å². The quantitative estimate of drug-likeness (QED) is 0.836. The first-order valence-corrected chi connectivity index (χ1v) is 7.06. The lowest BCUT2D eigenvalue weighted by atomic mass is 10.2. The number of fused-ring (bicyclic) bond motifs is 1. The van der Waals surface area contributed by atoms with Gasteiger partial charge in [-0.15, -0.1) is 0 Å². The van der Waals surface area contributed by atoms with Crippen molar-refractivity contribution in [3.8, 4) is 0 Å². The third-order valence-electron chi connectivity index (χ3n) is 3.63. The first-order chi connectivity index (χ1) is 10.1. The third kappa shape index (κ3) is 2.80. The van der Waals surface area contributed by atoms with Crippen LogP contribution in [0.2, 0.25) is 0 Å². The van der Waals surface area contributed by atoms with E-state index >= 15 is 0 Å². The van der Waals surface area contributed by atoms with Gasteiger partial charge in [-0.3, -0.25) is 4.79 Å². The highest BCUT2D eigenvalue weighted by Crippen LogP contribution is 2.18. The van der Waals surface area contributed by atoms with Gasteiger partial charge in [-0.2, -0.15) is 4.98 Å². The van der Waals surface area contributed by atoms with Crippen LogP contribution in [0.3, 0.4) is 0 Å². The van der Waals surface area contributed by atoms with Crippen molar-refractivity contribution in [2.24, 2.45) is 0 Å². The molecule has 1 saturated heterocycles. The van der Waals surface area contributed by atoms with Gasteiger partial charge in [0.2, 0.25) is 5.71 Å². The number of hydrogen-bond acceptors (Lipinski definition) is 6. The molecule has 0 spiro atoms. The van der Waals surface area contributed by atoms with Crippen LogP contribution in [0.1, 0.15) is 23.7 Å². The molecule has 0 aliphatic carbocycles. The number of nitrogens with zero attached hydrogens (tertiary/aromatic N) is 2. The molecule has 0 amide bonds. The van der Waals surface area contributed by atoms with Crippen LogP contribution in [0.5, 0.6) is 0 Å². The van der Waals surface area contributed by atoms with Crippen molar-refractivity contribution in [2.45, 2.75) is 13.3 Å². The normalized spacial score (nSPS) is 16.0. The minimum atomic E-state index is -0.628. The average Bonchev–Trinajstić information content (AvgIpc) is 2.74. The smallest absolute Gasteiger partial charge is 0.348 e. The van der Waals surface area contributed by atoms with E-state index in [0.29, 0.717) is 5.39 Å². The molecule has 3 rings (SSSR count). The van der Waals surface area contributed by atoms with Crippen LogP contribution >= 0.6 is 0 Å². The fraction of sp³-hybridized carbons (Fsp3) is 0.400. The van der Waals surface area contributed by atoms with Gasteiger partial charge >= 0.3 is 5.63 Å². The van der Waals surface area contributed by atoms with Crippen LogP contribution < -0.4 is 15.8 Å². The SMILES string of the molecule is CC(=O)c1cc2ccc(N3CCCNCC3)nc2oc1=O. The number of pyridine rings is 1. The van der Waals surface area contributed by atoms with E-state index in [1.807, 2.05) is 12.1 Å². The molecule has 2 aromatic rings. The van der Waals surface area contributed by atoms with Crippen molar-refractivity contribution in [3.05, 3.63) is 34.2 Å². The maximum absolute atomic E-state index is 11.8. The molecule has 2 aromatic heterocycles. The Morgan fingerprint density at radius 2 is 2.19 bits per heavy atom. The van der Waals surface area contributed by atoms with Gasteiger partial charge in [0.05, 0.1) is 0 Å². The molecule has 1 fully saturated rings. The summed E-state index contributed by atoms with van der Waals surface area (Å²) in [6.07, 6.45) is 1.05. The highest BCUT2D eigenvalue weighted by atomic mass is 16.4. The molecule has 1 aliphatic heterocycles. The summed E-state index contributed by atoms with van der Waals surface area (Å²) in [5, 5.41) is 4.00. The molecule has 0 saturated carbocycles. The summed E-state index contributed by atoms with van der Waals surface area (Å²) in [6.45, 7) is 5.05. The second-order valence-electron chi connectivity index (χ2n) is 5.16. The molecule has 1 aliphatic rings. The summed E-state index contributed by atoms with van der Waals surface area (Å²) in [6, 6.07) is 5.28. The molecule has 110 valence electrons. The van der Waals surface area contributed by atoms with Crippen LogP contribution in [0.15, 0.2) is 27.4 Å². The Bertz CT molecular complexity index is 731. The van der Waals surface area contributed by atoms with Gasteiger partial charge in [-0.25, -0.2) is 4.79 Å². The summed E-state index contributed by atoms with van der Waals surface area (Å²) < 4.78 is 5.19. The van der Waals surface area contributed by atoms with Crippen molar-refractivity contribution in [1.29, 1.82) is 0 Å². The number of nitrogens with one attached hydrogen (secondary N) is 1. The number of aromatic nitrogens is 1. The lowest BCUT2D eigenvalue weighted by Crippen LogP contribution is -2.28. The lowest BCUT2D eigenvalue weighted by molar-refractivity contribution is 0.101. The van der Waals surface area contributed by atoms with Gasteiger partial charge in [0.25, 0.3) is 0 Å². The average molecular weight is 287 g/mol. The second-order valence-corrected chi connectivity index (χ2v) is 5.16. The molecule has 3 heterocycles. The highest BCUT2D eigenvalue weighted by molar-refractivity contribution is 5.96. The van der Waals surface area contributed by atoms with Gasteiger partial charge in [-0.1, -0.05) is 0 Å². The van der Waals surface area contributed by atoms with E-state index in [1.165, 1.54) is 6.92 Å². The van der Waals surface area contributed by atoms with E-state index in [2.05, 4.69) is 15.2 Å². The van der Waals surface area contributed by atoms with Crippen LogP contribution in [0.25, 0.3) is 11.1 Å². The van der Waals surface area contributed by atoms with Crippen LogP contribution in [0.4, 0.5) is 5.82 Å². The van der Waals surface area contributed by atoms with E-state index in [0.717, 1.165) is 38.4 Å². The molecule has 0 unspecified atom stereocenters. The molecular formula is C15H17N3O3. The van der Waals surface area contributed by atoms with Gasteiger partial charge in [0.1, 0.15) is 11.4 Å². The summed E-state index contributed by atoms with van der Waals surface area (Å²) >= 11 is 0. The summed E-state index contributed by atoms with van der Waals surface area (Å²) in [5.74, 6) is 0.498. The molecule has 0 atom stereocenters. The van der Waals surface area contributed by atoms with E-state index in [1.54, 1.807) is 6.07 Å². The molecule has 21 heavy (non-hydrogen) atoms. The van der Waals surface area contributed by atoms with Gasteiger partial charge in [0.15, 0.2) is 5.78 Å². The zero-order valence-corrected chi connectivity index (χ0v) is 11.9. The fourth-order valence-corrected chi connectivity index (χ4v) is 2.49. The third-order valence-corrected chi connectivity index (χ3v) is 3.63. The van der Waals surface area contributed by atoms with Crippen LogP contribution in [-0.4, -0.2) is 36.9 Å². The summed E-state index contributed by atoms with van der Waals surface area (Å²) in [4.78, 5) is 29.7. The van der Waals surface area contributed by atoms with Crippen molar-refractivity contribution in [1.82, 2.24) is 10.3 Å². The summed E-state index contributed by atoms with van der Waals surface area (Å²) in [5.41, 5.74) is -0.284. The van der Waals surface area contributed by atoms with Crippen LogP contribution in [0, 0.1) is 0 Å². The van der Waals surface area contributed by atoms with Gasteiger partial charge in [-0.05, 0) is 38.1 Å². The van der Waals surface area contributed by atoms with E-state index in [9.17, 15) is 9.59 Å². The fourth-order valence-electron chi connectivity index (χ4n) is 2.49. The molecular weight excluding hydrogens is 270 g/mol. The monoisotopic (exact) mass is 287 g/mol. The van der Waals surface area contributed by atoms with E-state index < -0.39 is 5.63 Å². The maximum atomic E-state index is 11.8. The Labute approximate surface area is 121 Å². The Kier molecular flexibility index (Phi) is 3.70. The molecule has 6 nitrogen and oxygen atoms in total. The minimum absolute atomic E-state index is 0.0658. The summed E-state index contributed by atoms with van der Waals surface area (Å²) in [7, 11) is 0. The Morgan fingerprint density at radius 3 is 3.00 bits per heavy atom. The maximum Gasteiger partial charge on any atom is 0.348 e. The van der Waals surface area contributed by atoms with Gasteiger partial charge in [0, 0.05) is 25.0 Å². The molecule has 1 N–H and O–H groups in total. The number of carbonyl (C=O) groups is 1. The molecule has 0 radical (unpaired) electrons. The number of rotatable bonds is 2. The number of anilines is 1. The standard InChI is InChI=1S/C15H17N3O3/c1-10(19)12-9-11-3-4-13(17-14(11)21-15(12)20)18-7-2-5-16-6-8-18/h3-4,9,16H,2,5-8H2,1H3. The minimum Gasteiger partial charge on any atom is -0.403 e. The van der Waals surface area contributed by atoms with Crippen LogP contribution in [-0.2, 0) is 0 Å². The van der Waals surface area contributed by atoms with Crippen molar-refractivity contribution in [2.75, 3.05) is 31.1 Å². The number of ketones is 1. The number of Topliss-reactive ketones (excluding diaryl/α,β-unsaturated/α-hetero) is 1. The van der Waals surface area contributed by atoms with E-state index in [4.69, 9.17) is 4.42 Å². The largest absolute Gasteiger partial charge is 0.403 e. The van der Waals surface area contributed by atoms with Crippen molar-refractivity contribution in [3.63, 3.8) is 0 Å². The first-order valence-electron chi connectivity index (χ1n) is 7.06. The zero-order valence-electron chi connectivity index (χ0n) is 11.9. The van der Waals surface area contributed by atoms with E-state index in [-0.39, 0.29) is 17.1 Å². The Balaban J connectivity index is 2.01. The van der Waals surface area contributed by atoms with Gasteiger partial charge < -0.3 is 14.6 Å².